The molecule has 0 fully saturated rings. The third kappa shape index (κ3) is 7.02. The van der Waals surface area contributed by atoms with Crippen LogP contribution in [0.3, 0.4) is 0 Å². The molecule has 0 aliphatic carbocycles. The summed E-state index contributed by atoms with van der Waals surface area (Å²) in [5.41, 5.74) is 1.03. The maximum absolute atomic E-state index is 12.0. The van der Waals surface area contributed by atoms with Crippen LogP contribution in [0.25, 0.3) is 6.08 Å². The number of ether oxygens (including phenoxy) is 1. The molecule has 23 heavy (non-hydrogen) atoms. The number of rotatable bonds is 7. The third-order valence-corrected chi connectivity index (χ3v) is 2.68. The van der Waals surface area contributed by atoms with E-state index in [1.165, 1.54) is 18.2 Å². The van der Waals surface area contributed by atoms with Gasteiger partial charge in [0.1, 0.15) is 0 Å². The van der Waals surface area contributed by atoms with E-state index in [0.29, 0.717) is 11.1 Å². The first-order valence-electron chi connectivity index (χ1n) is 6.75. The number of amides is 1. The second-order valence-electron chi connectivity index (χ2n) is 4.65. The molecule has 8 nitrogen and oxygen atoms in total. The first-order valence-corrected chi connectivity index (χ1v) is 6.75. The zero-order chi connectivity index (χ0) is 17.4. The van der Waals surface area contributed by atoms with Crippen molar-refractivity contribution in [2.24, 2.45) is 0 Å². The molecule has 1 atom stereocenters. The minimum Gasteiger partial charge on any atom is -0.447 e. The van der Waals surface area contributed by atoms with Crippen molar-refractivity contribution in [3.8, 4) is 0 Å². The Hall–Kier alpha value is -2.26. The predicted octanol–water partition coefficient (Wildman–Crippen LogP) is -0.958. The van der Waals surface area contributed by atoms with E-state index in [9.17, 15) is 9.59 Å². The molecule has 0 saturated heterocycles. The van der Waals surface area contributed by atoms with Crippen LogP contribution < -0.4 is 5.32 Å². The molecule has 1 unspecified atom stereocenters. The van der Waals surface area contributed by atoms with Crippen molar-refractivity contribution >= 4 is 18.0 Å². The van der Waals surface area contributed by atoms with Crippen LogP contribution in [-0.4, -0.2) is 51.4 Å². The van der Waals surface area contributed by atoms with Gasteiger partial charge < -0.3 is 30.5 Å². The van der Waals surface area contributed by atoms with Crippen molar-refractivity contribution in [2.45, 2.75) is 25.6 Å². The third-order valence-electron chi connectivity index (χ3n) is 2.68. The molecule has 1 amide bonds. The molecule has 0 saturated carbocycles. The van der Waals surface area contributed by atoms with Crippen molar-refractivity contribution in [1.82, 2.24) is 5.32 Å². The molecule has 0 aliphatic rings. The highest BCUT2D eigenvalue weighted by molar-refractivity contribution is 5.84. The zero-order valence-corrected chi connectivity index (χ0v) is 12.4. The summed E-state index contributed by atoms with van der Waals surface area (Å²) in [7, 11) is 0. The summed E-state index contributed by atoms with van der Waals surface area (Å²) in [5, 5.41) is 37.3. The number of aliphatic hydroxyl groups is 4. The molecule has 0 spiro atoms. The standard InChI is InChI=1S/C15H19NO7/c1-9(17)23-14(15(22)16-8-13(20)21)11-5-2-10(3-6-11)4-7-12(18)19/h2-7,12-14,18-21H,8H2,1H3,(H,16,22)/b7-4+. The molecule has 0 bridgehead atoms. The zero-order valence-electron chi connectivity index (χ0n) is 12.4. The van der Waals surface area contributed by atoms with E-state index in [4.69, 9.17) is 25.2 Å². The van der Waals surface area contributed by atoms with Gasteiger partial charge in [0.2, 0.25) is 6.10 Å². The maximum atomic E-state index is 12.0. The highest BCUT2D eigenvalue weighted by Gasteiger charge is 2.23. The van der Waals surface area contributed by atoms with Gasteiger partial charge in [0.25, 0.3) is 5.91 Å². The molecule has 0 aromatic heterocycles. The Morgan fingerprint density at radius 3 is 2.26 bits per heavy atom. The highest BCUT2D eigenvalue weighted by Crippen LogP contribution is 2.19. The molecule has 0 radical (unpaired) electrons. The first kappa shape index (κ1) is 18.8. The predicted molar refractivity (Wildman–Crippen MR) is 79.4 cm³/mol. The van der Waals surface area contributed by atoms with E-state index >= 15 is 0 Å². The maximum Gasteiger partial charge on any atom is 0.303 e. The Labute approximate surface area is 132 Å². The van der Waals surface area contributed by atoms with E-state index in [1.807, 2.05) is 0 Å². The lowest BCUT2D eigenvalue weighted by molar-refractivity contribution is -0.155. The van der Waals surface area contributed by atoms with E-state index in [0.717, 1.165) is 13.0 Å². The largest absolute Gasteiger partial charge is 0.447 e. The smallest absolute Gasteiger partial charge is 0.303 e. The van der Waals surface area contributed by atoms with Crippen molar-refractivity contribution in [2.75, 3.05) is 6.54 Å². The van der Waals surface area contributed by atoms with Gasteiger partial charge in [-0.15, -0.1) is 0 Å². The van der Waals surface area contributed by atoms with E-state index < -0.39 is 37.1 Å². The Morgan fingerprint density at radius 2 is 1.78 bits per heavy atom. The summed E-state index contributed by atoms with van der Waals surface area (Å²) in [4.78, 5) is 23.1. The summed E-state index contributed by atoms with van der Waals surface area (Å²) in [6.45, 7) is 0.757. The summed E-state index contributed by atoms with van der Waals surface area (Å²) in [6.07, 6.45) is -1.88. The van der Waals surface area contributed by atoms with Crippen LogP contribution in [-0.2, 0) is 14.3 Å². The van der Waals surface area contributed by atoms with Gasteiger partial charge in [-0.2, -0.15) is 0 Å². The second-order valence-corrected chi connectivity index (χ2v) is 4.65. The lowest BCUT2D eigenvalue weighted by atomic mass is 10.1. The van der Waals surface area contributed by atoms with Crippen LogP contribution in [0.4, 0.5) is 0 Å². The Bertz CT molecular complexity index is 551. The molecule has 126 valence electrons. The van der Waals surface area contributed by atoms with E-state index in [-0.39, 0.29) is 0 Å². The van der Waals surface area contributed by atoms with Crippen LogP contribution >= 0.6 is 0 Å². The van der Waals surface area contributed by atoms with Gasteiger partial charge in [-0.3, -0.25) is 9.59 Å². The molecule has 0 heterocycles. The van der Waals surface area contributed by atoms with E-state index in [2.05, 4.69) is 5.32 Å². The highest BCUT2D eigenvalue weighted by atomic mass is 16.5. The van der Waals surface area contributed by atoms with E-state index in [1.54, 1.807) is 12.1 Å². The van der Waals surface area contributed by atoms with Gasteiger partial charge in [0.15, 0.2) is 12.6 Å². The van der Waals surface area contributed by atoms with Crippen molar-refractivity contribution < 1.29 is 34.8 Å². The first-order chi connectivity index (χ1) is 10.8. The quantitative estimate of drug-likeness (QED) is 0.322. The number of hydrogen-bond donors (Lipinski definition) is 5. The van der Waals surface area contributed by atoms with Gasteiger partial charge in [-0.1, -0.05) is 30.3 Å². The van der Waals surface area contributed by atoms with Crippen molar-refractivity contribution in [3.05, 3.63) is 41.5 Å². The second kappa shape index (κ2) is 9.01. The molecule has 1 aromatic rings. The lowest BCUT2D eigenvalue weighted by Gasteiger charge is -2.17. The average Bonchev–Trinajstić information content (AvgIpc) is 2.48. The van der Waals surface area contributed by atoms with Crippen LogP contribution in [0.2, 0.25) is 0 Å². The van der Waals surface area contributed by atoms with Crippen LogP contribution in [0.15, 0.2) is 30.3 Å². The van der Waals surface area contributed by atoms with Crippen LogP contribution in [0.1, 0.15) is 24.2 Å². The number of esters is 1. The average molecular weight is 325 g/mol. The van der Waals surface area contributed by atoms with Gasteiger partial charge in [0.05, 0.1) is 6.54 Å². The molecule has 1 aromatic carbocycles. The van der Waals surface area contributed by atoms with Gasteiger partial charge in [-0.05, 0) is 11.6 Å². The van der Waals surface area contributed by atoms with Crippen LogP contribution in [0, 0.1) is 0 Å². The Morgan fingerprint density at radius 1 is 1.17 bits per heavy atom. The number of aliphatic hydroxyl groups excluding tert-OH is 2. The number of hydrogen-bond acceptors (Lipinski definition) is 7. The number of carbonyl (C=O) groups excluding carboxylic acids is 2. The topological polar surface area (TPSA) is 136 Å². The summed E-state index contributed by atoms with van der Waals surface area (Å²) in [6, 6.07) is 6.26. The summed E-state index contributed by atoms with van der Waals surface area (Å²) >= 11 is 0. The Balaban J connectivity index is 2.89. The lowest BCUT2D eigenvalue weighted by Crippen LogP contribution is -2.36. The van der Waals surface area contributed by atoms with Gasteiger partial charge in [0, 0.05) is 12.5 Å². The number of carbonyl (C=O) groups is 2. The summed E-state index contributed by atoms with van der Waals surface area (Å²) in [5.74, 6) is -1.36. The molecule has 5 N–H and O–H groups in total. The monoisotopic (exact) mass is 325 g/mol. The summed E-state index contributed by atoms with van der Waals surface area (Å²) < 4.78 is 4.96. The molecular weight excluding hydrogens is 306 g/mol. The minimum atomic E-state index is -1.71. The molecule has 8 heteroatoms. The van der Waals surface area contributed by atoms with Gasteiger partial charge >= 0.3 is 5.97 Å². The van der Waals surface area contributed by atoms with Crippen molar-refractivity contribution in [3.63, 3.8) is 0 Å². The number of nitrogens with one attached hydrogen (secondary N) is 1. The minimum absolute atomic E-state index is 0.381. The molecule has 0 aliphatic heterocycles. The molecular formula is C15H19NO7. The SMILES string of the molecule is CC(=O)OC(C(=O)NCC(O)O)c1ccc(/C=C/C(O)O)cc1. The fourth-order valence-electron chi connectivity index (χ4n) is 1.70. The van der Waals surface area contributed by atoms with Crippen LogP contribution in [0.5, 0.6) is 0 Å². The molecule has 1 rings (SSSR count). The fourth-order valence-corrected chi connectivity index (χ4v) is 1.70. The number of benzene rings is 1. The Kier molecular flexibility index (Phi) is 7.36. The van der Waals surface area contributed by atoms with Crippen molar-refractivity contribution in [1.29, 1.82) is 0 Å². The normalized spacial score (nSPS) is 12.7. The van der Waals surface area contributed by atoms with Gasteiger partial charge in [-0.25, -0.2) is 0 Å². The fraction of sp³-hybridized carbons (Fsp3) is 0.333.